The highest BCUT2D eigenvalue weighted by molar-refractivity contribution is 9.11. The molecule has 5 heteroatoms. The minimum absolute atomic E-state index is 0.479. The van der Waals surface area contributed by atoms with Crippen molar-refractivity contribution < 1.29 is 0 Å². The van der Waals surface area contributed by atoms with Crippen molar-refractivity contribution in [2.45, 2.75) is 43.9 Å². The molecule has 0 amide bonds. The number of benzene rings is 2. The second kappa shape index (κ2) is 7.81. The van der Waals surface area contributed by atoms with Crippen LogP contribution in [0.5, 0.6) is 0 Å². The van der Waals surface area contributed by atoms with Crippen LogP contribution in [0.4, 0.5) is 0 Å². The molecular formula is C20H21Br3N2. The summed E-state index contributed by atoms with van der Waals surface area (Å²) in [5.74, 6) is 0. The Morgan fingerprint density at radius 2 is 1.72 bits per heavy atom. The lowest BCUT2D eigenvalue weighted by atomic mass is 9.86. The van der Waals surface area contributed by atoms with Gasteiger partial charge in [0.15, 0.2) is 0 Å². The first-order valence-corrected chi connectivity index (χ1v) is 11.2. The third kappa shape index (κ3) is 4.38. The van der Waals surface area contributed by atoms with Gasteiger partial charge in [-0.05, 0) is 54.7 Å². The van der Waals surface area contributed by atoms with E-state index >= 15 is 0 Å². The fraction of sp³-hybridized carbons (Fsp3) is 0.400. The highest BCUT2D eigenvalue weighted by Crippen LogP contribution is 2.42. The standard InChI is InChI=1S/C20H21Br3N2/c21-15-7-14(8-16(22)9-15)20-10-18(11-24-17-5-6-17)25(20)12-13-3-1-2-4-19(13)23/h1-4,7-9,17-18,20,24H,5-6,10-12H2. The minimum atomic E-state index is 0.479. The van der Waals surface area contributed by atoms with E-state index in [1.54, 1.807) is 0 Å². The maximum absolute atomic E-state index is 3.71. The number of hydrogen-bond acceptors (Lipinski definition) is 2. The van der Waals surface area contributed by atoms with Crippen LogP contribution in [0.1, 0.15) is 36.4 Å². The van der Waals surface area contributed by atoms with Gasteiger partial charge in [-0.25, -0.2) is 0 Å². The molecule has 1 N–H and O–H groups in total. The molecule has 1 heterocycles. The molecule has 2 aromatic carbocycles. The zero-order valence-electron chi connectivity index (χ0n) is 13.9. The molecular weight excluding hydrogens is 508 g/mol. The number of rotatable bonds is 6. The van der Waals surface area contributed by atoms with E-state index in [9.17, 15) is 0 Å². The summed E-state index contributed by atoms with van der Waals surface area (Å²) < 4.78 is 3.47. The number of nitrogens with one attached hydrogen (secondary N) is 1. The van der Waals surface area contributed by atoms with E-state index in [4.69, 9.17) is 0 Å². The quantitative estimate of drug-likeness (QED) is 0.491. The van der Waals surface area contributed by atoms with Crippen LogP contribution in [0.2, 0.25) is 0 Å². The number of nitrogens with zero attached hydrogens (tertiary/aromatic N) is 1. The summed E-state index contributed by atoms with van der Waals surface area (Å²) in [6.45, 7) is 2.08. The van der Waals surface area contributed by atoms with Crippen molar-refractivity contribution in [1.82, 2.24) is 10.2 Å². The minimum Gasteiger partial charge on any atom is -0.312 e. The Kier molecular flexibility index (Phi) is 5.68. The smallest absolute Gasteiger partial charge is 0.0371 e. The van der Waals surface area contributed by atoms with Crippen LogP contribution in [0.25, 0.3) is 0 Å². The van der Waals surface area contributed by atoms with Crippen molar-refractivity contribution in [3.8, 4) is 0 Å². The van der Waals surface area contributed by atoms with E-state index in [1.807, 2.05) is 0 Å². The molecule has 0 bridgehead atoms. The molecule has 4 rings (SSSR count). The molecule has 25 heavy (non-hydrogen) atoms. The maximum atomic E-state index is 3.71. The topological polar surface area (TPSA) is 15.3 Å². The van der Waals surface area contributed by atoms with Gasteiger partial charge in [0.25, 0.3) is 0 Å². The zero-order valence-corrected chi connectivity index (χ0v) is 18.6. The molecule has 2 nitrogen and oxygen atoms in total. The van der Waals surface area contributed by atoms with Crippen LogP contribution in [-0.4, -0.2) is 23.5 Å². The molecule has 2 aromatic rings. The van der Waals surface area contributed by atoms with Crippen LogP contribution in [0, 0.1) is 0 Å². The third-order valence-electron chi connectivity index (χ3n) is 5.16. The molecule has 0 radical (unpaired) electrons. The van der Waals surface area contributed by atoms with Gasteiger partial charge in [-0.15, -0.1) is 0 Å². The van der Waals surface area contributed by atoms with E-state index in [0.29, 0.717) is 12.1 Å². The Hall–Kier alpha value is -0.200. The van der Waals surface area contributed by atoms with Gasteiger partial charge in [-0.1, -0.05) is 66.0 Å². The van der Waals surface area contributed by atoms with Crippen molar-refractivity contribution in [3.05, 3.63) is 67.0 Å². The maximum Gasteiger partial charge on any atom is 0.0371 e. The lowest BCUT2D eigenvalue weighted by Gasteiger charge is -2.49. The summed E-state index contributed by atoms with van der Waals surface area (Å²) in [5.41, 5.74) is 2.74. The van der Waals surface area contributed by atoms with Crippen molar-refractivity contribution in [3.63, 3.8) is 0 Å². The summed E-state index contributed by atoms with van der Waals surface area (Å²) in [4.78, 5) is 2.64. The predicted molar refractivity (Wildman–Crippen MR) is 114 cm³/mol. The van der Waals surface area contributed by atoms with Gasteiger partial charge in [-0.3, -0.25) is 4.90 Å². The summed E-state index contributed by atoms with van der Waals surface area (Å²) in [6.07, 6.45) is 3.91. The highest BCUT2D eigenvalue weighted by Gasteiger charge is 2.40. The Morgan fingerprint density at radius 3 is 2.40 bits per heavy atom. The lowest BCUT2D eigenvalue weighted by molar-refractivity contribution is 0.00532. The molecule has 2 fully saturated rings. The summed E-state index contributed by atoms with van der Waals surface area (Å²) in [6, 6.07) is 17.0. The van der Waals surface area contributed by atoms with Crippen molar-refractivity contribution in [2.24, 2.45) is 0 Å². The van der Waals surface area contributed by atoms with E-state index < -0.39 is 0 Å². The average molecular weight is 529 g/mol. The molecule has 2 unspecified atom stereocenters. The van der Waals surface area contributed by atoms with Crippen molar-refractivity contribution >= 4 is 47.8 Å². The molecule has 0 aromatic heterocycles. The summed E-state index contributed by atoms with van der Waals surface area (Å²) in [5, 5.41) is 3.71. The molecule has 1 saturated heterocycles. The van der Waals surface area contributed by atoms with Crippen molar-refractivity contribution in [2.75, 3.05) is 6.54 Å². The third-order valence-corrected chi connectivity index (χ3v) is 6.85. The molecule has 2 atom stereocenters. The fourth-order valence-corrected chi connectivity index (χ4v) is 5.33. The second-order valence-electron chi connectivity index (χ2n) is 7.05. The van der Waals surface area contributed by atoms with Crippen LogP contribution in [0.3, 0.4) is 0 Å². The van der Waals surface area contributed by atoms with Gasteiger partial charge in [0.1, 0.15) is 0 Å². The molecule has 2 aliphatic rings. The number of hydrogen-bond donors (Lipinski definition) is 1. The van der Waals surface area contributed by atoms with E-state index in [1.165, 1.54) is 34.9 Å². The van der Waals surface area contributed by atoms with E-state index in [0.717, 1.165) is 28.1 Å². The molecule has 0 spiro atoms. The lowest BCUT2D eigenvalue weighted by Crippen LogP contribution is -2.54. The van der Waals surface area contributed by atoms with Crippen molar-refractivity contribution in [1.29, 1.82) is 0 Å². The molecule has 1 aliphatic heterocycles. The zero-order chi connectivity index (χ0) is 17.4. The average Bonchev–Trinajstić information content (AvgIpc) is 3.36. The van der Waals surface area contributed by atoms with Gasteiger partial charge in [0.05, 0.1) is 0 Å². The van der Waals surface area contributed by atoms with Gasteiger partial charge >= 0.3 is 0 Å². The molecule has 132 valence electrons. The fourth-order valence-electron chi connectivity index (χ4n) is 3.59. The Morgan fingerprint density at radius 1 is 1.00 bits per heavy atom. The van der Waals surface area contributed by atoms with Gasteiger partial charge in [-0.2, -0.15) is 0 Å². The van der Waals surface area contributed by atoms with Gasteiger partial charge < -0.3 is 5.32 Å². The van der Waals surface area contributed by atoms with Crippen LogP contribution in [0.15, 0.2) is 55.9 Å². The SMILES string of the molecule is Brc1cc(Br)cc(C2CC(CNC3CC3)N2Cc2ccccc2Br)c1. The predicted octanol–water partition coefficient (Wildman–Crippen LogP) is 6.04. The number of halogens is 3. The van der Waals surface area contributed by atoms with Gasteiger partial charge in [0, 0.05) is 44.6 Å². The van der Waals surface area contributed by atoms with E-state index in [-0.39, 0.29) is 0 Å². The van der Waals surface area contributed by atoms with Crippen LogP contribution >= 0.6 is 47.8 Å². The van der Waals surface area contributed by atoms with Crippen LogP contribution in [-0.2, 0) is 6.54 Å². The first-order valence-electron chi connectivity index (χ1n) is 8.78. The highest BCUT2D eigenvalue weighted by atomic mass is 79.9. The summed E-state index contributed by atoms with van der Waals surface area (Å²) in [7, 11) is 0. The second-order valence-corrected chi connectivity index (χ2v) is 9.74. The van der Waals surface area contributed by atoms with Crippen LogP contribution < -0.4 is 5.32 Å². The monoisotopic (exact) mass is 526 g/mol. The largest absolute Gasteiger partial charge is 0.312 e. The first-order chi connectivity index (χ1) is 12.1. The van der Waals surface area contributed by atoms with Gasteiger partial charge in [0.2, 0.25) is 0 Å². The normalized spacial score (nSPS) is 23.5. The Labute approximate surface area is 174 Å². The molecule has 1 saturated carbocycles. The Bertz CT molecular complexity index is 740. The summed E-state index contributed by atoms with van der Waals surface area (Å²) >= 11 is 11.0. The van der Waals surface area contributed by atoms with E-state index in [2.05, 4.69) is 100 Å². The number of likely N-dealkylation sites (tertiary alicyclic amines) is 1. The Balaban J connectivity index is 1.54. The molecule has 1 aliphatic carbocycles. The first kappa shape index (κ1) is 18.2.